The van der Waals surface area contributed by atoms with Crippen molar-refractivity contribution in [3.8, 4) is 5.75 Å². The number of anilines is 1. The number of nitrogens with one attached hydrogen (secondary N) is 1. The molecule has 3 heterocycles. The summed E-state index contributed by atoms with van der Waals surface area (Å²) < 4.78 is 39.3. The number of benzene rings is 2. The second kappa shape index (κ2) is 14.1. The number of nitrogen functional groups attached to an aromatic ring is 1. The number of para-hydroxylation sites is 1. The molecule has 1 unspecified atom stereocenters. The van der Waals surface area contributed by atoms with Crippen molar-refractivity contribution >= 4 is 31.8 Å². The summed E-state index contributed by atoms with van der Waals surface area (Å²) in [7, 11) is -4.40. The molecule has 46 heavy (non-hydrogen) atoms. The molecule has 1 aliphatic rings. The van der Waals surface area contributed by atoms with E-state index in [4.69, 9.17) is 24.3 Å². The van der Waals surface area contributed by atoms with E-state index in [0.29, 0.717) is 11.2 Å². The van der Waals surface area contributed by atoms with E-state index in [1.54, 1.807) is 56.3 Å². The molecule has 1 aliphatic heterocycles. The molecule has 0 saturated carbocycles. The Morgan fingerprint density at radius 1 is 1.15 bits per heavy atom. The highest BCUT2D eigenvalue weighted by Gasteiger charge is 2.57. The number of aromatic nitrogens is 3. The van der Waals surface area contributed by atoms with Crippen molar-refractivity contribution in [1.29, 1.82) is 0 Å². The van der Waals surface area contributed by atoms with Crippen LogP contribution in [0.25, 0.3) is 5.52 Å². The number of nitrogens with zero attached hydrogens (tertiary/aromatic N) is 4. The Morgan fingerprint density at radius 2 is 1.85 bits per heavy atom. The minimum Gasteiger partial charge on any atom is -0.462 e. The SMILES string of the molecule is C=NC[C@@]1(c2ccc3c(N)ncnn23)O[C@H](COP(=O)(N[C@@H](Cc2ccccc2)C(=O)OC(C)C)Oc2ccccc2)[C@@H](O)[C@H]1O. The van der Waals surface area contributed by atoms with Gasteiger partial charge in [0.2, 0.25) is 0 Å². The van der Waals surface area contributed by atoms with Gasteiger partial charge in [-0.15, -0.1) is 0 Å². The Morgan fingerprint density at radius 3 is 2.52 bits per heavy atom. The maximum Gasteiger partial charge on any atom is 0.459 e. The van der Waals surface area contributed by atoms with Crippen molar-refractivity contribution in [3.05, 3.63) is 90.4 Å². The lowest BCUT2D eigenvalue weighted by atomic mass is 9.91. The first kappa shape index (κ1) is 33.2. The summed E-state index contributed by atoms with van der Waals surface area (Å²) in [5.74, 6) is -0.268. The third kappa shape index (κ3) is 7.12. The van der Waals surface area contributed by atoms with Gasteiger partial charge in [-0.3, -0.25) is 14.3 Å². The van der Waals surface area contributed by atoms with Crippen LogP contribution in [0.2, 0.25) is 0 Å². The number of fused-ring (bicyclic) bond motifs is 1. The second-order valence-electron chi connectivity index (χ2n) is 11.1. The van der Waals surface area contributed by atoms with Crippen LogP contribution in [-0.2, 0) is 35.4 Å². The van der Waals surface area contributed by atoms with Gasteiger partial charge in [-0.2, -0.15) is 10.2 Å². The lowest BCUT2D eigenvalue weighted by Gasteiger charge is -2.30. The highest BCUT2D eigenvalue weighted by atomic mass is 31.2. The quantitative estimate of drug-likeness (QED) is 0.0886. The third-order valence-corrected chi connectivity index (χ3v) is 8.98. The van der Waals surface area contributed by atoms with Gasteiger partial charge in [0.15, 0.2) is 11.4 Å². The molecule has 15 heteroatoms. The average Bonchev–Trinajstić information content (AvgIpc) is 3.57. The predicted molar refractivity (Wildman–Crippen MR) is 169 cm³/mol. The number of carbonyl (C=O) groups excluding carboxylic acids is 1. The van der Waals surface area contributed by atoms with Crippen LogP contribution >= 0.6 is 7.75 Å². The lowest BCUT2D eigenvalue weighted by Crippen LogP contribution is -2.44. The van der Waals surface area contributed by atoms with Crippen LogP contribution in [0.4, 0.5) is 5.82 Å². The van der Waals surface area contributed by atoms with Gasteiger partial charge in [0.1, 0.15) is 41.9 Å². The fourth-order valence-electron chi connectivity index (χ4n) is 5.30. The number of hydrogen-bond acceptors (Lipinski definition) is 12. The number of rotatable bonds is 14. The van der Waals surface area contributed by atoms with Gasteiger partial charge in [0.25, 0.3) is 0 Å². The molecule has 0 amide bonds. The summed E-state index contributed by atoms with van der Waals surface area (Å²) in [6.07, 6.45) is -3.37. The average molecular weight is 653 g/mol. The van der Waals surface area contributed by atoms with Gasteiger partial charge in [0.05, 0.1) is 24.9 Å². The van der Waals surface area contributed by atoms with E-state index in [0.717, 1.165) is 5.56 Å². The molecule has 5 N–H and O–H groups in total. The highest BCUT2D eigenvalue weighted by molar-refractivity contribution is 7.52. The van der Waals surface area contributed by atoms with Crippen molar-refractivity contribution < 1.29 is 38.1 Å². The normalized spacial score (nSPS) is 23.2. The smallest absolute Gasteiger partial charge is 0.459 e. The number of ether oxygens (including phenoxy) is 2. The zero-order valence-corrected chi connectivity index (χ0v) is 26.3. The van der Waals surface area contributed by atoms with Crippen molar-refractivity contribution in [3.63, 3.8) is 0 Å². The number of aliphatic imine (C=N–C) groups is 1. The van der Waals surface area contributed by atoms with E-state index in [9.17, 15) is 19.6 Å². The van der Waals surface area contributed by atoms with Gasteiger partial charge in [-0.05, 0) is 56.8 Å². The number of esters is 1. The molecule has 4 aromatic rings. The summed E-state index contributed by atoms with van der Waals surface area (Å²) in [6, 6.07) is 19.5. The first-order valence-electron chi connectivity index (χ1n) is 14.6. The van der Waals surface area contributed by atoms with Crippen LogP contribution in [0.3, 0.4) is 0 Å². The third-order valence-electron chi connectivity index (χ3n) is 7.42. The molecule has 0 radical (unpaired) electrons. The van der Waals surface area contributed by atoms with Gasteiger partial charge >= 0.3 is 13.7 Å². The Balaban J connectivity index is 1.43. The molecule has 0 spiro atoms. The van der Waals surface area contributed by atoms with Crippen LogP contribution in [0.1, 0.15) is 25.1 Å². The van der Waals surface area contributed by atoms with E-state index in [1.807, 2.05) is 30.3 Å². The Labute approximate surface area is 265 Å². The van der Waals surface area contributed by atoms with Gasteiger partial charge in [0, 0.05) is 0 Å². The van der Waals surface area contributed by atoms with E-state index >= 15 is 0 Å². The fourth-order valence-corrected chi connectivity index (χ4v) is 6.80. The molecular weight excluding hydrogens is 615 g/mol. The Bertz CT molecular complexity index is 1690. The topological polar surface area (TPSA) is 192 Å². The van der Waals surface area contributed by atoms with Crippen LogP contribution in [-0.4, -0.2) is 81.1 Å². The van der Waals surface area contributed by atoms with E-state index < -0.39 is 56.4 Å². The fraction of sp³-hybridized carbons (Fsp3) is 0.355. The molecule has 1 fully saturated rings. The molecule has 1 saturated heterocycles. The van der Waals surface area contributed by atoms with E-state index in [-0.39, 0.29) is 24.5 Å². The van der Waals surface area contributed by atoms with Crippen molar-refractivity contribution in [2.24, 2.45) is 4.99 Å². The van der Waals surface area contributed by atoms with Crippen molar-refractivity contribution in [1.82, 2.24) is 19.7 Å². The van der Waals surface area contributed by atoms with E-state index in [1.165, 1.54) is 10.8 Å². The minimum absolute atomic E-state index is 0.111. The molecular formula is C31H37N6O8P. The number of carbonyl (C=O) groups is 1. The van der Waals surface area contributed by atoms with Crippen LogP contribution in [0, 0.1) is 0 Å². The first-order chi connectivity index (χ1) is 22.0. The first-order valence-corrected chi connectivity index (χ1v) is 16.2. The van der Waals surface area contributed by atoms with Gasteiger partial charge in [-0.1, -0.05) is 48.5 Å². The zero-order valence-electron chi connectivity index (χ0n) is 25.4. The number of aliphatic hydroxyl groups excluding tert-OH is 2. The highest BCUT2D eigenvalue weighted by Crippen LogP contribution is 2.47. The summed E-state index contributed by atoms with van der Waals surface area (Å²) in [5, 5.41) is 29.5. The number of aliphatic hydroxyl groups is 2. The molecule has 0 bridgehead atoms. The van der Waals surface area contributed by atoms with Gasteiger partial charge < -0.3 is 29.9 Å². The number of nitrogens with two attached hydrogens (primary N) is 1. The summed E-state index contributed by atoms with van der Waals surface area (Å²) in [6.45, 7) is 6.28. The molecule has 2 aromatic heterocycles. The largest absolute Gasteiger partial charge is 0.462 e. The molecule has 0 aliphatic carbocycles. The Kier molecular flexibility index (Phi) is 10.2. The molecule has 5 rings (SSSR count). The summed E-state index contributed by atoms with van der Waals surface area (Å²) in [5.41, 5.74) is 5.93. The molecule has 2 aromatic carbocycles. The van der Waals surface area contributed by atoms with Crippen LogP contribution in [0.5, 0.6) is 5.75 Å². The Hall–Kier alpha value is -4.17. The van der Waals surface area contributed by atoms with Crippen LogP contribution < -0.4 is 15.3 Å². The molecule has 6 atom stereocenters. The van der Waals surface area contributed by atoms with Crippen LogP contribution in [0.15, 0.2) is 84.1 Å². The van der Waals surface area contributed by atoms with E-state index in [2.05, 4.69) is 26.9 Å². The van der Waals surface area contributed by atoms with Crippen molar-refractivity contribution in [2.75, 3.05) is 18.9 Å². The lowest BCUT2D eigenvalue weighted by molar-refractivity contribution is -0.149. The monoisotopic (exact) mass is 652 g/mol. The zero-order chi connectivity index (χ0) is 32.9. The van der Waals surface area contributed by atoms with Gasteiger partial charge in [-0.25, -0.2) is 14.1 Å². The number of hydrogen-bond donors (Lipinski definition) is 4. The summed E-state index contributed by atoms with van der Waals surface area (Å²) in [4.78, 5) is 21.2. The van der Waals surface area contributed by atoms with Crippen molar-refractivity contribution in [2.45, 2.75) is 56.3 Å². The standard InChI is InChI=1S/C31H37N6O8P/c1-20(2)43-30(40)23(16-21-10-6-4-7-11-21)36-46(41,45-22-12-8-5-9-13-22)42-17-25-27(38)28(39)31(44-25,18-33-3)26-15-14-24-29(32)34-19-35-37(24)26/h4-15,19-20,23,25,27-28,38-39H,3,16-18H2,1-2H3,(H,36,41)(H2,32,34,35)/t23-,25+,27+,28+,31-,46?/m0/s1. The molecule has 244 valence electrons. The second-order valence-corrected chi connectivity index (χ2v) is 12.8. The minimum atomic E-state index is -4.40. The molecule has 14 nitrogen and oxygen atoms in total. The maximum atomic E-state index is 14.4. The predicted octanol–water partition coefficient (Wildman–Crippen LogP) is 2.68. The summed E-state index contributed by atoms with van der Waals surface area (Å²) >= 11 is 0. The maximum absolute atomic E-state index is 14.4.